The van der Waals surface area contributed by atoms with E-state index in [0.29, 0.717) is 11.3 Å². The Labute approximate surface area is 150 Å². The molecular weight excluding hydrogens is 369 g/mol. The highest BCUT2D eigenvalue weighted by Crippen LogP contribution is 2.27. The number of nitrogens with zero attached hydrogens (tertiary/aromatic N) is 2. The van der Waals surface area contributed by atoms with Crippen LogP contribution in [0.2, 0.25) is 5.02 Å². The van der Waals surface area contributed by atoms with Crippen LogP contribution in [-0.4, -0.2) is 15.8 Å². The zero-order valence-electron chi connectivity index (χ0n) is 12.4. The van der Waals surface area contributed by atoms with Crippen LogP contribution in [0.5, 0.6) is 0 Å². The average Bonchev–Trinajstić information content (AvgIpc) is 3.03. The minimum absolute atomic E-state index is 0.156. The Morgan fingerprint density at radius 1 is 1.24 bits per heavy atom. The summed E-state index contributed by atoms with van der Waals surface area (Å²) in [6, 6.07) is 9.49. The lowest BCUT2D eigenvalue weighted by Crippen LogP contribution is -2.13. The molecule has 0 aliphatic rings. The molecule has 2 aromatic carbocycles. The highest BCUT2D eigenvalue weighted by molar-refractivity contribution is 7.14. The minimum Gasteiger partial charge on any atom is -0.298 e. The van der Waals surface area contributed by atoms with Crippen molar-refractivity contribution in [1.29, 1.82) is 0 Å². The van der Waals surface area contributed by atoms with Crippen LogP contribution in [0.4, 0.5) is 15.2 Å². The molecule has 0 aliphatic carbocycles. The van der Waals surface area contributed by atoms with E-state index in [4.69, 9.17) is 11.6 Å². The second-order valence-electron chi connectivity index (χ2n) is 4.92. The van der Waals surface area contributed by atoms with E-state index in [9.17, 15) is 19.3 Å². The summed E-state index contributed by atoms with van der Waals surface area (Å²) in [6.45, 7) is 0. The van der Waals surface area contributed by atoms with Gasteiger partial charge >= 0.3 is 0 Å². The molecule has 0 bridgehead atoms. The van der Waals surface area contributed by atoms with E-state index in [0.717, 1.165) is 11.3 Å². The lowest BCUT2D eigenvalue weighted by molar-refractivity contribution is -0.385. The second kappa shape index (κ2) is 6.96. The smallest absolute Gasteiger partial charge is 0.282 e. The summed E-state index contributed by atoms with van der Waals surface area (Å²) in [6.07, 6.45) is 0. The van der Waals surface area contributed by atoms with Gasteiger partial charge in [-0.15, -0.1) is 11.3 Å². The molecule has 0 fully saturated rings. The van der Waals surface area contributed by atoms with Crippen molar-refractivity contribution >= 4 is 39.7 Å². The predicted octanol–water partition coefficient (Wildman–Crippen LogP) is 4.76. The molecule has 3 rings (SSSR count). The third kappa shape index (κ3) is 3.81. The molecule has 0 saturated carbocycles. The summed E-state index contributed by atoms with van der Waals surface area (Å²) >= 11 is 6.97. The molecule has 0 spiro atoms. The standard InChI is InChI=1S/C16H9ClFN3O3S/c17-10-3-6-14(21(23)24)12(7-10)15(22)20-16-19-13(8-25-16)9-1-4-11(18)5-2-9/h1-8H,(H,19,20,22). The predicted molar refractivity (Wildman–Crippen MR) is 93.6 cm³/mol. The number of aromatic nitrogens is 1. The van der Waals surface area contributed by atoms with Crippen molar-refractivity contribution in [2.24, 2.45) is 0 Å². The maximum absolute atomic E-state index is 13.0. The van der Waals surface area contributed by atoms with Gasteiger partial charge in [0.05, 0.1) is 10.6 Å². The SMILES string of the molecule is O=C(Nc1nc(-c2ccc(F)cc2)cs1)c1cc(Cl)ccc1[N+](=O)[O-]. The Hall–Kier alpha value is -2.84. The van der Waals surface area contributed by atoms with Gasteiger partial charge in [0, 0.05) is 22.0 Å². The highest BCUT2D eigenvalue weighted by Gasteiger charge is 2.21. The number of anilines is 1. The lowest BCUT2D eigenvalue weighted by Gasteiger charge is -2.03. The Bertz CT molecular complexity index is 960. The van der Waals surface area contributed by atoms with E-state index in [1.165, 1.54) is 30.3 Å². The number of carbonyl (C=O) groups is 1. The molecule has 0 radical (unpaired) electrons. The van der Waals surface area contributed by atoms with Gasteiger partial charge in [-0.1, -0.05) is 11.6 Å². The van der Waals surface area contributed by atoms with E-state index in [1.807, 2.05) is 0 Å². The van der Waals surface area contributed by atoms with Crippen LogP contribution in [0.15, 0.2) is 47.8 Å². The molecule has 1 heterocycles. The fraction of sp³-hybridized carbons (Fsp3) is 0. The van der Waals surface area contributed by atoms with Crippen molar-refractivity contribution in [3.8, 4) is 11.3 Å². The number of amides is 1. The largest absolute Gasteiger partial charge is 0.298 e. The lowest BCUT2D eigenvalue weighted by atomic mass is 10.1. The Balaban J connectivity index is 1.84. The molecule has 9 heteroatoms. The van der Waals surface area contributed by atoms with Gasteiger partial charge in [0.1, 0.15) is 11.4 Å². The van der Waals surface area contributed by atoms with Crippen molar-refractivity contribution in [1.82, 2.24) is 4.98 Å². The van der Waals surface area contributed by atoms with E-state index in [1.54, 1.807) is 17.5 Å². The van der Waals surface area contributed by atoms with Crippen molar-refractivity contribution < 1.29 is 14.1 Å². The van der Waals surface area contributed by atoms with Gasteiger partial charge in [-0.3, -0.25) is 20.2 Å². The molecule has 126 valence electrons. The summed E-state index contributed by atoms with van der Waals surface area (Å²) in [5, 5.41) is 15.7. The van der Waals surface area contributed by atoms with Crippen LogP contribution in [0, 0.1) is 15.9 Å². The summed E-state index contributed by atoms with van der Waals surface area (Å²) in [5.41, 5.74) is 0.737. The Morgan fingerprint density at radius 2 is 1.96 bits per heavy atom. The zero-order valence-corrected chi connectivity index (χ0v) is 14.0. The third-order valence-electron chi connectivity index (χ3n) is 3.26. The molecule has 25 heavy (non-hydrogen) atoms. The number of rotatable bonds is 4. The molecule has 0 atom stereocenters. The molecule has 0 saturated heterocycles. The van der Waals surface area contributed by atoms with Crippen LogP contribution in [0.25, 0.3) is 11.3 Å². The van der Waals surface area contributed by atoms with Crippen LogP contribution in [0.1, 0.15) is 10.4 Å². The number of halogens is 2. The van der Waals surface area contributed by atoms with Crippen molar-refractivity contribution in [2.45, 2.75) is 0 Å². The quantitative estimate of drug-likeness (QED) is 0.524. The molecule has 0 aliphatic heterocycles. The van der Waals surface area contributed by atoms with E-state index < -0.39 is 10.8 Å². The number of carbonyl (C=O) groups excluding carboxylic acids is 1. The van der Waals surface area contributed by atoms with Gasteiger partial charge in [-0.05, 0) is 36.4 Å². The number of nitro benzene ring substituents is 1. The van der Waals surface area contributed by atoms with Crippen LogP contribution < -0.4 is 5.32 Å². The Kier molecular flexibility index (Phi) is 4.73. The van der Waals surface area contributed by atoms with Crippen molar-refractivity contribution in [3.05, 3.63) is 74.4 Å². The first-order valence-corrected chi connectivity index (χ1v) is 8.16. The fourth-order valence-corrected chi connectivity index (χ4v) is 2.99. The Morgan fingerprint density at radius 3 is 2.64 bits per heavy atom. The van der Waals surface area contributed by atoms with Gasteiger partial charge in [0.2, 0.25) is 0 Å². The first kappa shape index (κ1) is 17.0. The van der Waals surface area contributed by atoms with Crippen LogP contribution >= 0.6 is 22.9 Å². The van der Waals surface area contributed by atoms with E-state index in [2.05, 4.69) is 10.3 Å². The monoisotopic (exact) mass is 377 g/mol. The van der Waals surface area contributed by atoms with Gasteiger partial charge in [0.15, 0.2) is 5.13 Å². The van der Waals surface area contributed by atoms with Gasteiger partial charge < -0.3 is 0 Å². The maximum Gasteiger partial charge on any atom is 0.282 e. The third-order valence-corrected chi connectivity index (χ3v) is 4.26. The number of nitro groups is 1. The van der Waals surface area contributed by atoms with Gasteiger partial charge in [0.25, 0.3) is 11.6 Å². The fourth-order valence-electron chi connectivity index (χ4n) is 2.10. The minimum atomic E-state index is -0.686. The normalized spacial score (nSPS) is 10.5. The molecule has 1 amide bonds. The molecule has 1 aromatic heterocycles. The second-order valence-corrected chi connectivity index (χ2v) is 6.21. The van der Waals surface area contributed by atoms with Crippen molar-refractivity contribution in [3.63, 3.8) is 0 Å². The number of hydrogen-bond acceptors (Lipinski definition) is 5. The average molecular weight is 378 g/mol. The number of nitrogens with one attached hydrogen (secondary N) is 1. The molecule has 0 unspecified atom stereocenters. The van der Waals surface area contributed by atoms with Crippen LogP contribution in [-0.2, 0) is 0 Å². The summed E-state index contributed by atoms with van der Waals surface area (Å²) in [5.74, 6) is -1.05. The molecule has 1 N–H and O–H groups in total. The topological polar surface area (TPSA) is 85.1 Å². The summed E-state index contributed by atoms with van der Waals surface area (Å²) < 4.78 is 13.0. The first-order chi connectivity index (χ1) is 11.9. The van der Waals surface area contributed by atoms with E-state index >= 15 is 0 Å². The molecule has 6 nitrogen and oxygen atoms in total. The summed E-state index contributed by atoms with van der Waals surface area (Å²) in [4.78, 5) is 26.9. The zero-order chi connectivity index (χ0) is 18.0. The molecule has 3 aromatic rings. The highest BCUT2D eigenvalue weighted by atomic mass is 35.5. The number of thiazole rings is 1. The van der Waals surface area contributed by atoms with E-state index in [-0.39, 0.29) is 27.2 Å². The van der Waals surface area contributed by atoms with Crippen molar-refractivity contribution in [2.75, 3.05) is 5.32 Å². The summed E-state index contributed by atoms with van der Waals surface area (Å²) in [7, 11) is 0. The number of benzene rings is 2. The van der Waals surface area contributed by atoms with Gasteiger partial charge in [-0.25, -0.2) is 9.37 Å². The first-order valence-electron chi connectivity index (χ1n) is 6.91. The number of hydrogen-bond donors (Lipinski definition) is 1. The molecular formula is C16H9ClFN3O3S. The maximum atomic E-state index is 13.0. The van der Waals surface area contributed by atoms with Gasteiger partial charge in [-0.2, -0.15) is 0 Å². The van der Waals surface area contributed by atoms with Crippen LogP contribution in [0.3, 0.4) is 0 Å².